The molecular weight excluding hydrogens is 436 g/mol. The summed E-state index contributed by atoms with van der Waals surface area (Å²) in [5.41, 5.74) is -0.799. The van der Waals surface area contributed by atoms with Crippen molar-refractivity contribution in [2.75, 3.05) is 14.2 Å². The van der Waals surface area contributed by atoms with Gasteiger partial charge in [0.15, 0.2) is 0 Å². The van der Waals surface area contributed by atoms with Crippen molar-refractivity contribution < 1.29 is 32.3 Å². The Bertz CT molecular complexity index is 1030. The van der Waals surface area contributed by atoms with Gasteiger partial charge in [0.25, 0.3) is 5.91 Å². The zero-order valence-corrected chi connectivity index (χ0v) is 19.5. The largest absolute Gasteiger partial charge is 0.460 e. The summed E-state index contributed by atoms with van der Waals surface area (Å²) in [4.78, 5) is 29.7. The molecule has 174 valence electrons. The van der Waals surface area contributed by atoms with Gasteiger partial charge in [-0.25, -0.2) is 13.5 Å². The molecule has 0 aliphatic heterocycles. The quantitative estimate of drug-likeness (QED) is 0.449. The summed E-state index contributed by atoms with van der Waals surface area (Å²) >= 11 is 0. The molecule has 0 unspecified atom stereocenters. The number of likely N-dealkylation sites (N-methyl/N-ethyl adjacent to an activating group) is 1. The van der Waals surface area contributed by atoms with E-state index in [1.54, 1.807) is 57.2 Å². The molecule has 0 bridgehead atoms. The molecule has 32 heavy (non-hydrogen) atoms. The Kier molecular flexibility index (Phi) is 8.37. The molecule has 0 heterocycles. The maximum absolute atomic E-state index is 13.2. The van der Waals surface area contributed by atoms with Gasteiger partial charge in [-0.15, -0.1) is 0 Å². The maximum atomic E-state index is 13.2. The van der Waals surface area contributed by atoms with E-state index in [9.17, 15) is 18.0 Å². The van der Waals surface area contributed by atoms with E-state index >= 15 is 0 Å². The molecule has 2 aromatic rings. The summed E-state index contributed by atoms with van der Waals surface area (Å²) in [5, 5.41) is 0.837. The first-order valence-electron chi connectivity index (χ1n) is 9.81. The number of hydrogen-bond acceptors (Lipinski definition) is 7. The number of hydrogen-bond donors (Lipinski definition) is 1. The minimum absolute atomic E-state index is 0.0646. The van der Waals surface area contributed by atoms with E-state index < -0.39 is 40.0 Å². The molecule has 0 saturated heterocycles. The van der Waals surface area contributed by atoms with Gasteiger partial charge in [-0.3, -0.25) is 14.4 Å². The predicted molar refractivity (Wildman–Crippen MR) is 117 cm³/mol. The van der Waals surface area contributed by atoms with Crippen molar-refractivity contribution in [1.82, 2.24) is 9.79 Å². The monoisotopic (exact) mass is 464 g/mol. The Morgan fingerprint density at radius 1 is 1.03 bits per heavy atom. The third kappa shape index (κ3) is 7.33. The highest BCUT2D eigenvalue weighted by molar-refractivity contribution is 7.89. The van der Waals surface area contributed by atoms with Gasteiger partial charge in [0.05, 0.1) is 13.5 Å². The second-order valence-electron chi connectivity index (χ2n) is 7.84. The van der Waals surface area contributed by atoms with Crippen LogP contribution in [0.1, 0.15) is 27.2 Å². The van der Waals surface area contributed by atoms with Crippen LogP contribution in [-0.2, 0) is 29.2 Å². The fraction of sp³-hybridized carbons (Fsp3) is 0.364. The molecule has 0 aliphatic rings. The molecule has 2 aromatic carbocycles. The highest BCUT2D eigenvalue weighted by atomic mass is 32.2. The van der Waals surface area contributed by atoms with E-state index in [1.165, 1.54) is 32.4 Å². The van der Waals surface area contributed by atoms with Crippen LogP contribution in [0.5, 0.6) is 11.5 Å². The minimum atomic E-state index is -4.27. The van der Waals surface area contributed by atoms with Crippen molar-refractivity contribution in [3.05, 3.63) is 54.6 Å². The lowest BCUT2D eigenvalue weighted by atomic mass is 10.1. The van der Waals surface area contributed by atoms with E-state index in [0.717, 1.165) is 5.06 Å². The number of sulfonamides is 1. The van der Waals surface area contributed by atoms with Crippen molar-refractivity contribution in [3.63, 3.8) is 0 Å². The van der Waals surface area contributed by atoms with Gasteiger partial charge >= 0.3 is 5.97 Å². The Morgan fingerprint density at radius 2 is 1.62 bits per heavy atom. The molecule has 0 saturated carbocycles. The van der Waals surface area contributed by atoms with Crippen LogP contribution < -0.4 is 9.46 Å². The van der Waals surface area contributed by atoms with Gasteiger partial charge in [-0.1, -0.05) is 30.3 Å². The number of nitrogens with one attached hydrogen (secondary N) is 1. The fourth-order valence-corrected chi connectivity index (χ4v) is 3.98. The van der Waals surface area contributed by atoms with E-state index in [2.05, 4.69) is 4.72 Å². The SMILES string of the molecule is CON(C)C(=O)[C@H](CC(=O)OC(C)(C)C)NS(=O)(=O)c1ccccc1Oc1ccccc1. The van der Waals surface area contributed by atoms with Crippen LogP contribution in [0, 0.1) is 0 Å². The summed E-state index contributed by atoms with van der Waals surface area (Å²) in [6, 6.07) is 13.2. The summed E-state index contributed by atoms with van der Waals surface area (Å²) in [6.07, 6.45) is -0.523. The number of hydroxylamine groups is 2. The van der Waals surface area contributed by atoms with Gasteiger partial charge < -0.3 is 9.47 Å². The number of amides is 1. The molecule has 1 atom stereocenters. The zero-order chi connectivity index (χ0) is 23.9. The standard InChI is InChI=1S/C22H28N2O7S/c1-22(2,3)31-20(25)15-17(21(26)24(4)29-5)23-32(27,28)19-14-10-9-13-18(19)30-16-11-7-6-8-12-16/h6-14,17,23H,15H2,1-5H3/t17-/m0/s1. The molecule has 0 aromatic heterocycles. The number of esters is 1. The average Bonchev–Trinajstić information content (AvgIpc) is 2.71. The normalized spacial score (nSPS) is 12.7. The first-order chi connectivity index (χ1) is 14.9. The number of ether oxygens (including phenoxy) is 2. The minimum Gasteiger partial charge on any atom is -0.460 e. The molecule has 0 fully saturated rings. The third-order valence-electron chi connectivity index (χ3n) is 4.08. The molecule has 0 radical (unpaired) electrons. The van der Waals surface area contributed by atoms with Gasteiger partial charge in [-0.05, 0) is 45.0 Å². The fourth-order valence-electron chi connectivity index (χ4n) is 2.66. The summed E-state index contributed by atoms with van der Waals surface area (Å²) in [6.45, 7) is 5.01. The molecule has 1 amide bonds. The van der Waals surface area contributed by atoms with Crippen molar-refractivity contribution >= 4 is 21.9 Å². The van der Waals surface area contributed by atoms with Gasteiger partial charge in [-0.2, -0.15) is 4.72 Å². The van der Waals surface area contributed by atoms with Crippen LogP contribution in [0.2, 0.25) is 0 Å². The lowest BCUT2D eigenvalue weighted by Gasteiger charge is -2.25. The summed E-state index contributed by atoms with van der Waals surface area (Å²) in [5.74, 6) is -0.995. The molecule has 0 spiro atoms. The smallest absolute Gasteiger partial charge is 0.308 e. The number of carbonyl (C=O) groups is 2. The molecular formula is C22H28N2O7S. The van der Waals surface area contributed by atoms with E-state index in [1.807, 2.05) is 0 Å². The third-order valence-corrected chi connectivity index (χ3v) is 5.59. The van der Waals surface area contributed by atoms with Crippen LogP contribution in [0.25, 0.3) is 0 Å². The number of nitrogens with zero attached hydrogens (tertiary/aromatic N) is 1. The Morgan fingerprint density at radius 3 is 2.22 bits per heavy atom. The molecule has 1 N–H and O–H groups in total. The number of para-hydroxylation sites is 2. The van der Waals surface area contributed by atoms with E-state index in [-0.39, 0.29) is 10.6 Å². The van der Waals surface area contributed by atoms with Gasteiger partial charge in [0.2, 0.25) is 10.0 Å². The van der Waals surface area contributed by atoms with Crippen LogP contribution in [0.4, 0.5) is 0 Å². The van der Waals surface area contributed by atoms with Crippen molar-refractivity contribution in [1.29, 1.82) is 0 Å². The Balaban J connectivity index is 2.34. The van der Waals surface area contributed by atoms with Crippen molar-refractivity contribution in [2.24, 2.45) is 0 Å². The lowest BCUT2D eigenvalue weighted by molar-refractivity contribution is -0.173. The highest BCUT2D eigenvalue weighted by Gasteiger charge is 2.33. The van der Waals surface area contributed by atoms with Gasteiger partial charge in [0, 0.05) is 7.05 Å². The maximum Gasteiger partial charge on any atom is 0.308 e. The van der Waals surface area contributed by atoms with Crippen LogP contribution in [0.3, 0.4) is 0 Å². The second-order valence-corrected chi connectivity index (χ2v) is 9.53. The Labute approximate surface area is 188 Å². The number of carbonyl (C=O) groups excluding carboxylic acids is 2. The highest BCUT2D eigenvalue weighted by Crippen LogP contribution is 2.28. The number of rotatable bonds is 9. The molecule has 9 nitrogen and oxygen atoms in total. The molecule has 0 aliphatic carbocycles. The van der Waals surface area contributed by atoms with Crippen LogP contribution in [-0.4, -0.2) is 51.2 Å². The van der Waals surface area contributed by atoms with Crippen LogP contribution in [0.15, 0.2) is 59.5 Å². The first-order valence-corrected chi connectivity index (χ1v) is 11.3. The van der Waals surface area contributed by atoms with Gasteiger partial charge in [0.1, 0.15) is 28.0 Å². The topological polar surface area (TPSA) is 111 Å². The second kappa shape index (κ2) is 10.6. The Hall–Kier alpha value is -2.95. The van der Waals surface area contributed by atoms with Crippen molar-refractivity contribution in [2.45, 2.75) is 43.7 Å². The lowest BCUT2D eigenvalue weighted by Crippen LogP contribution is -2.48. The summed E-state index contributed by atoms with van der Waals surface area (Å²) < 4.78 is 39.6. The summed E-state index contributed by atoms with van der Waals surface area (Å²) in [7, 11) is -1.71. The zero-order valence-electron chi connectivity index (χ0n) is 18.7. The van der Waals surface area contributed by atoms with Crippen molar-refractivity contribution in [3.8, 4) is 11.5 Å². The average molecular weight is 465 g/mol. The molecule has 10 heteroatoms. The van der Waals surface area contributed by atoms with Crippen LogP contribution >= 0.6 is 0 Å². The van der Waals surface area contributed by atoms with E-state index in [0.29, 0.717) is 5.75 Å². The first kappa shape index (κ1) is 25.3. The predicted octanol–water partition coefficient (Wildman–Crippen LogP) is 2.88. The van der Waals surface area contributed by atoms with E-state index in [4.69, 9.17) is 14.3 Å². The number of benzene rings is 2. The molecule has 2 rings (SSSR count).